The van der Waals surface area contributed by atoms with Crippen LogP contribution in [0.2, 0.25) is 0 Å². The van der Waals surface area contributed by atoms with Crippen LogP contribution in [0.15, 0.2) is 36.4 Å². The standard InChI is InChI=1S/C37H55N3O6/c1-9-10-27-20-32(43)31(33-22-29(42)21-30(23-41)46-33)19-28(27)18-26-12-11-25(17-24(26)2)13-14-36(3,4)34(44)39-37(5,6)35(45)38-15-16-40(7)8/h11-14,17,19-20,29-30,33,41-43H,9-10,15-16,18,21-23H2,1-8H3,(H,38,45)(H,39,44)/b14-13+/t29-,30-,33+/m0/s1. The quantitative estimate of drug-likeness (QED) is 0.207. The molecule has 1 aliphatic rings. The number of aromatic hydroxyl groups is 1. The summed E-state index contributed by atoms with van der Waals surface area (Å²) in [5.74, 6) is -0.314. The van der Waals surface area contributed by atoms with Crippen LogP contribution in [-0.2, 0) is 27.2 Å². The van der Waals surface area contributed by atoms with Crippen LogP contribution in [0.5, 0.6) is 5.75 Å². The van der Waals surface area contributed by atoms with Gasteiger partial charge in [0.1, 0.15) is 11.3 Å². The maximum atomic E-state index is 13.2. The minimum absolute atomic E-state index is 0.153. The Morgan fingerprint density at radius 1 is 1.04 bits per heavy atom. The number of aliphatic hydroxyl groups is 2. The monoisotopic (exact) mass is 637 g/mol. The minimum atomic E-state index is -1.05. The summed E-state index contributed by atoms with van der Waals surface area (Å²) in [6, 6.07) is 10.0. The van der Waals surface area contributed by atoms with Gasteiger partial charge < -0.3 is 35.6 Å². The lowest BCUT2D eigenvalue weighted by Gasteiger charge is -2.33. The van der Waals surface area contributed by atoms with E-state index >= 15 is 0 Å². The summed E-state index contributed by atoms with van der Waals surface area (Å²) < 4.78 is 6.02. The van der Waals surface area contributed by atoms with Crippen molar-refractivity contribution in [3.8, 4) is 5.75 Å². The van der Waals surface area contributed by atoms with E-state index in [1.54, 1.807) is 13.8 Å². The summed E-state index contributed by atoms with van der Waals surface area (Å²) in [4.78, 5) is 27.9. The first-order chi connectivity index (χ1) is 21.6. The first-order valence-corrected chi connectivity index (χ1v) is 16.4. The summed E-state index contributed by atoms with van der Waals surface area (Å²) in [6.07, 6.45) is 5.40. The van der Waals surface area contributed by atoms with E-state index in [9.17, 15) is 24.9 Å². The fourth-order valence-electron chi connectivity index (χ4n) is 5.65. The van der Waals surface area contributed by atoms with Crippen LogP contribution in [0, 0.1) is 12.3 Å². The van der Waals surface area contributed by atoms with E-state index < -0.39 is 29.3 Å². The molecule has 0 aromatic heterocycles. The molecule has 0 aliphatic carbocycles. The zero-order valence-corrected chi connectivity index (χ0v) is 28.9. The minimum Gasteiger partial charge on any atom is -0.508 e. The molecule has 0 spiro atoms. The van der Waals surface area contributed by atoms with Crippen LogP contribution in [0.25, 0.3) is 6.08 Å². The molecule has 3 atom stereocenters. The highest BCUT2D eigenvalue weighted by atomic mass is 16.5. The molecule has 254 valence electrons. The van der Waals surface area contributed by atoms with Gasteiger partial charge in [-0.1, -0.05) is 43.7 Å². The molecule has 0 saturated carbocycles. The molecule has 0 unspecified atom stereocenters. The van der Waals surface area contributed by atoms with Crippen LogP contribution in [-0.4, -0.2) is 83.6 Å². The Labute approximate surface area is 275 Å². The third-order valence-electron chi connectivity index (χ3n) is 8.66. The highest BCUT2D eigenvalue weighted by Crippen LogP contribution is 2.38. The first-order valence-electron chi connectivity index (χ1n) is 16.4. The number of amides is 2. The molecule has 5 N–H and O–H groups in total. The summed E-state index contributed by atoms with van der Waals surface area (Å²) in [5, 5.41) is 36.7. The predicted octanol–water partition coefficient (Wildman–Crippen LogP) is 4.43. The summed E-state index contributed by atoms with van der Waals surface area (Å²) in [5.41, 5.74) is 4.10. The molecular weight excluding hydrogens is 582 g/mol. The van der Waals surface area contributed by atoms with Crippen LogP contribution in [0.3, 0.4) is 0 Å². The number of nitrogens with zero attached hydrogens (tertiary/aromatic N) is 1. The maximum Gasteiger partial charge on any atom is 0.245 e. The number of likely N-dealkylation sites (N-methyl/N-ethyl adjacent to an activating group) is 1. The van der Waals surface area contributed by atoms with Gasteiger partial charge in [-0.2, -0.15) is 0 Å². The number of hydrogen-bond donors (Lipinski definition) is 5. The van der Waals surface area contributed by atoms with Crippen LogP contribution in [0.1, 0.15) is 93.4 Å². The Kier molecular flexibility index (Phi) is 13.0. The SMILES string of the molecule is CCCc1cc(O)c([C@H]2C[C@@H](O)C[C@@H](CO)O2)cc1Cc1ccc(/C=C/C(C)(C)C(=O)NC(C)(C)C(=O)NCCN(C)C)cc1C. The van der Waals surface area contributed by atoms with E-state index in [0.29, 0.717) is 37.9 Å². The van der Waals surface area contributed by atoms with E-state index in [2.05, 4.69) is 36.6 Å². The molecule has 0 radical (unpaired) electrons. The average molecular weight is 638 g/mol. The van der Waals surface area contributed by atoms with Gasteiger partial charge in [-0.05, 0) is 102 Å². The van der Waals surface area contributed by atoms with E-state index in [1.165, 1.54) is 0 Å². The normalized spacial score (nSPS) is 19.1. The Balaban J connectivity index is 1.76. The van der Waals surface area contributed by atoms with E-state index in [0.717, 1.165) is 40.7 Å². The molecule has 2 aromatic carbocycles. The van der Waals surface area contributed by atoms with Gasteiger partial charge in [0.05, 0.1) is 30.3 Å². The number of rotatable bonds is 14. The molecule has 0 bridgehead atoms. The molecule has 3 rings (SSSR count). The van der Waals surface area contributed by atoms with Crippen LogP contribution in [0.4, 0.5) is 0 Å². The second-order valence-corrected chi connectivity index (χ2v) is 14.0. The zero-order valence-electron chi connectivity index (χ0n) is 28.9. The Hall–Kier alpha value is -3.24. The van der Waals surface area contributed by atoms with Gasteiger partial charge in [0.25, 0.3) is 0 Å². The average Bonchev–Trinajstić information content (AvgIpc) is 2.97. The van der Waals surface area contributed by atoms with Gasteiger partial charge in [0, 0.05) is 31.5 Å². The lowest BCUT2D eigenvalue weighted by molar-refractivity contribution is -0.135. The summed E-state index contributed by atoms with van der Waals surface area (Å²) in [7, 11) is 3.88. The van der Waals surface area contributed by atoms with Gasteiger partial charge in [-0.15, -0.1) is 0 Å². The number of ether oxygens (including phenoxy) is 1. The molecule has 1 saturated heterocycles. The molecule has 1 fully saturated rings. The van der Waals surface area contributed by atoms with Crippen molar-refractivity contribution in [3.05, 3.63) is 69.8 Å². The van der Waals surface area contributed by atoms with Crippen molar-refractivity contribution >= 4 is 17.9 Å². The molecule has 46 heavy (non-hydrogen) atoms. The topological polar surface area (TPSA) is 131 Å². The molecular formula is C37H55N3O6. The fraction of sp³-hybridized carbons (Fsp3) is 0.568. The Bertz CT molecular complexity index is 1380. The van der Waals surface area contributed by atoms with Gasteiger partial charge in [-0.3, -0.25) is 9.59 Å². The van der Waals surface area contributed by atoms with Gasteiger partial charge >= 0.3 is 0 Å². The molecule has 9 nitrogen and oxygen atoms in total. The molecule has 2 amide bonds. The van der Waals surface area contributed by atoms with Crippen molar-refractivity contribution in [1.29, 1.82) is 0 Å². The number of phenolic OH excluding ortho intramolecular Hbond substituents is 1. The van der Waals surface area contributed by atoms with Gasteiger partial charge in [0.2, 0.25) is 11.8 Å². The number of phenols is 1. The largest absolute Gasteiger partial charge is 0.508 e. The van der Waals surface area contributed by atoms with Crippen molar-refractivity contribution < 1.29 is 29.6 Å². The second-order valence-electron chi connectivity index (χ2n) is 14.0. The Morgan fingerprint density at radius 2 is 1.76 bits per heavy atom. The van der Waals surface area contributed by atoms with Gasteiger partial charge in [-0.25, -0.2) is 0 Å². The van der Waals surface area contributed by atoms with Gasteiger partial charge in [0.15, 0.2) is 0 Å². The van der Waals surface area contributed by atoms with Crippen molar-refractivity contribution in [1.82, 2.24) is 15.5 Å². The van der Waals surface area contributed by atoms with Crippen molar-refractivity contribution in [2.75, 3.05) is 33.8 Å². The van der Waals surface area contributed by atoms with E-state index in [4.69, 9.17) is 4.74 Å². The number of nitrogens with one attached hydrogen (secondary N) is 2. The fourth-order valence-corrected chi connectivity index (χ4v) is 5.65. The lowest BCUT2D eigenvalue weighted by atomic mass is 9.88. The van der Waals surface area contributed by atoms with E-state index in [1.807, 2.05) is 63.2 Å². The van der Waals surface area contributed by atoms with E-state index in [-0.39, 0.29) is 24.2 Å². The predicted molar refractivity (Wildman–Crippen MR) is 183 cm³/mol. The van der Waals surface area contributed by atoms with Crippen molar-refractivity contribution in [2.45, 2.75) is 97.5 Å². The van der Waals surface area contributed by atoms with Crippen molar-refractivity contribution in [3.63, 3.8) is 0 Å². The van der Waals surface area contributed by atoms with Crippen LogP contribution < -0.4 is 10.6 Å². The number of aliphatic hydroxyl groups excluding tert-OH is 2. The number of hydrogen-bond acceptors (Lipinski definition) is 7. The molecule has 2 aromatic rings. The molecule has 9 heteroatoms. The number of carbonyl (C=O) groups excluding carboxylic acids is 2. The highest BCUT2D eigenvalue weighted by molar-refractivity contribution is 5.93. The summed E-state index contributed by atoms with van der Waals surface area (Å²) in [6.45, 7) is 12.3. The third kappa shape index (κ3) is 10.1. The summed E-state index contributed by atoms with van der Waals surface area (Å²) >= 11 is 0. The third-order valence-corrected chi connectivity index (χ3v) is 8.66. The zero-order chi connectivity index (χ0) is 34.2. The second kappa shape index (κ2) is 16.0. The number of aryl methyl sites for hydroxylation is 2. The van der Waals surface area contributed by atoms with Crippen LogP contribution >= 0.6 is 0 Å². The van der Waals surface area contributed by atoms with Crippen molar-refractivity contribution in [2.24, 2.45) is 5.41 Å². The maximum absolute atomic E-state index is 13.2. The number of carbonyl (C=O) groups is 2. The number of benzene rings is 2. The highest BCUT2D eigenvalue weighted by Gasteiger charge is 2.35. The lowest BCUT2D eigenvalue weighted by Crippen LogP contribution is -2.57. The molecule has 1 heterocycles. The smallest absolute Gasteiger partial charge is 0.245 e. The Morgan fingerprint density at radius 3 is 2.39 bits per heavy atom. The first kappa shape index (κ1) is 37.2. The molecule has 1 aliphatic heterocycles.